The Labute approximate surface area is 182 Å². The zero-order valence-corrected chi connectivity index (χ0v) is 18.0. The van der Waals surface area contributed by atoms with Gasteiger partial charge in [-0.25, -0.2) is 9.69 Å². The number of hydrogen-bond donors (Lipinski definition) is 1. The fourth-order valence-corrected chi connectivity index (χ4v) is 3.52. The number of nitrogens with one attached hydrogen (secondary N) is 1. The first kappa shape index (κ1) is 22.2. The van der Waals surface area contributed by atoms with Crippen LogP contribution >= 0.6 is 0 Å². The van der Waals surface area contributed by atoms with E-state index < -0.39 is 30.3 Å². The molecule has 7 nitrogen and oxygen atoms in total. The van der Waals surface area contributed by atoms with Crippen molar-refractivity contribution in [3.05, 3.63) is 71.3 Å². The maximum Gasteiger partial charge on any atom is 0.335 e. The average molecular weight is 421 g/mol. The van der Waals surface area contributed by atoms with Crippen molar-refractivity contribution in [2.75, 3.05) is 6.54 Å². The van der Waals surface area contributed by atoms with Crippen LogP contribution in [0.4, 0.5) is 4.79 Å². The molecule has 3 rings (SSSR count). The van der Waals surface area contributed by atoms with Crippen LogP contribution in [0.1, 0.15) is 43.5 Å². The van der Waals surface area contributed by atoms with Gasteiger partial charge in [0.2, 0.25) is 5.91 Å². The molecule has 2 aromatic carbocycles. The molecule has 0 aliphatic carbocycles. The third-order valence-electron chi connectivity index (χ3n) is 5.12. The van der Waals surface area contributed by atoms with Crippen LogP contribution in [0.3, 0.4) is 0 Å². The quantitative estimate of drug-likeness (QED) is 0.524. The Bertz CT molecular complexity index is 970. The molecule has 0 spiro atoms. The van der Waals surface area contributed by atoms with Crippen LogP contribution in [-0.4, -0.2) is 40.1 Å². The van der Waals surface area contributed by atoms with Crippen molar-refractivity contribution < 1.29 is 19.2 Å². The third-order valence-corrected chi connectivity index (χ3v) is 5.12. The summed E-state index contributed by atoms with van der Waals surface area (Å²) in [4.78, 5) is 51.1. The van der Waals surface area contributed by atoms with E-state index in [1.54, 1.807) is 24.3 Å². The van der Waals surface area contributed by atoms with E-state index in [1.165, 1.54) is 5.56 Å². The van der Waals surface area contributed by atoms with Crippen LogP contribution in [0.15, 0.2) is 54.6 Å². The summed E-state index contributed by atoms with van der Waals surface area (Å²) >= 11 is 0. The Kier molecular flexibility index (Phi) is 6.84. The number of amides is 5. The van der Waals surface area contributed by atoms with Gasteiger partial charge in [0.1, 0.15) is 6.54 Å². The predicted octanol–water partition coefficient (Wildman–Crippen LogP) is 3.05. The van der Waals surface area contributed by atoms with E-state index in [2.05, 4.69) is 19.2 Å². The lowest BCUT2D eigenvalue weighted by Gasteiger charge is -2.18. The van der Waals surface area contributed by atoms with Crippen LogP contribution in [0.25, 0.3) is 0 Å². The maximum atomic E-state index is 12.6. The molecule has 1 heterocycles. The smallest absolute Gasteiger partial charge is 0.335 e. The maximum absolute atomic E-state index is 12.6. The summed E-state index contributed by atoms with van der Waals surface area (Å²) in [5, 5.41) is 2.79. The molecular weight excluding hydrogens is 394 g/mol. The fraction of sp³-hybridized carbons (Fsp3) is 0.333. The highest BCUT2D eigenvalue weighted by atomic mass is 16.2. The van der Waals surface area contributed by atoms with Gasteiger partial charge in [0.05, 0.1) is 12.6 Å². The van der Waals surface area contributed by atoms with Gasteiger partial charge in [0.15, 0.2) is 0 Å². The molecule has 1 aliphatic rings. The molecule has 1 fully saturated rings. The standard InChI is InChI=1S/C24H27N3O4/c1-16(2)13-18-9-11-20(12-10-18)17(3)25-21(28)15-27-23(30)22(29)26(24(27)31)14-19-7-5-4-6-8-19/h4-12,16-17H,13-15H2,1-3H3,(H,25,28)/t17-/m1/s1. The van der Waals surface area contributed by atoms with Crippen molar-refractivity contribution in [2.45, 2.75) is 39.8 Å². The molecule has 0 bridgehead atoms. The molecule has 162 valence electrons. The summed E-state index contributed by atoms with van der Waals surface area (Å²) in [6, 6.07) is 15.8. The second-order valence-corrected chi connectivity index (χ2v) is 8.18. The molecule has 31 heavy (non-hydrogen) atoms. The van der Waals surface area contributed by atoms with Gasteiger partial charge in [-0.15, -0.1) is 0 Å². The number of imide groups is 2. The van der Waals surface area contributed by atoms with E-state index in [0.29, 0.717) is 10.8 Å². The van der Waals surface area contributed by atoms with Crippen LogP contribution < -0.4 is 5.32 Å². The topological polar surface area (TPSA) is 86.8 Å². The van der Waals surface area contributed by atoms with Gasteiger partial charge in [-0.1, -0.05) is 68.4 Å². The van der Waals surface area contributed by atoms with Gasteiger partial charge in [0.25, 0.3) is 0 Å². The van der Waals surface area contributed by atoms with E-state index in [0.717, 1.165) is 22.4 Å². The largest absolute Gasteiger partial charge is 0.348 e. The van der Waals surface area contributed by atoms with E-state index in [-0.39, 0.29) is 12.6 Å². The number of carbonyl (C=O) groups excluding carboxylic acids is 4. The number of benzene rings is 2. The summed E-state index contributed by atoms with van der Waals surface area (Å²) < 4.78 is 0. The number of rotatable bonds is 8. The molecular formula is C24H27N3O4. The lowest BCUT2D eigenvalue weighted by molar-refractivity contribution is -0.144. The second-order valence-electron chi connectivity index (χ2n) is 8.18. The predicted molar refractivity (Wildman–Crippen MR) is 116 cm³/mol. The van der Waals surface area contributed by atoms with Crippen molar-refractivity contribution in [3.63, 3.8) is 0 Å². The van der Waals surface area contributed by atoms with Gasteiger partial charge < -0.3 is 5.32 Å². The average Bonchev–Trinajstić information content (AvgIpc) is 2.93. The number of carbonyl (C=O) groups is 4. The first-order valence-corrected chi connectivity index (χ1v) is 10.4. The molecule has 0 unspecified atom stereocenters. The van der Waals surface area contributed by atoms with Crippen LogP contribution in [0.5, 0.6) is 0 Å². The molecule has 1 aliphatic heterocycles. The van der Waals surface area contributed by atoms with Gasteiger partial charge in [-0.3, -0.25) is 19.3 Å². The van der Waals surface area contributed by atoms with Crippen molar-refractivity contribution in [1.82, 2.24) is 15.1 Å². The minimum absolute atomic E-state index is 0.0124. The fourth-order valence-electron chi connectivity index (χ4n) is 3.52. The summed E-state index contributed by atoms with van der Waals surface area (Å²) in [6.45, 7) is 5.63. The molecule has 7 heteroatoms. The highest BCUT2D eigenvalue weighted by molar-refractivity contribution is 6.44. The van der Waals surface area contributed by atoms with Crippen molar-refractivity contribution in [2.24, 2.45) is 5.92 Å². The number of urea groups is 1. The Balaban J connectivity index is 1.59. The third kappa shape index (κ3) is 5.36. The summed E-state index contributed by atoms with van der Waals surface area (Å²) in [6.07, 6.45) is 0.980. The molecule has 1 N–H and O–H groups in total. The molecule has 0 radical (unpaired) electrons. The van der Waals surface area contributed by atoms with Gasteiger partial charge in [-0.05, 0) is 36.0 Å². The van der Waals surface area contributed by atoms with Gasteiger partial charge in [0, 0.05) is 0 Å². The Morgan fingerprint density at radius 2 is 1.45 bits per heavy atom. The molecule has 1 atom stereocenters. The Morgan fingerprint density at radius 1 is 0.839 bits per heavy atom. The zero-order chi connectivity index (χ0) is 22.5. The Morgan fingerprint density at radius 3 is 2.06 bits per heavy atom. The monoisotopic (exact) mass is 421 g/mol. The number of nitrogens with zero attached hydrogens (tertiary/aromatic N) is 2. The van der Waals surface area contributed by atoms with Crippen LogP contribution in [0.2, 0.25) is 0 Å². The SMILES string of the molecule is CC(C)Cc1ccc([C@@H](C)NC(=O)CN2C(=O)C(=O)N(Cc3ccccc3)C2=O)cc1. The van der Waals surface area contributed by atoms with E-state index in [1.807, 2.05) is 37.3 Å². The van der Waals surface area contributed by atoms with E-state index >= 15 is 0 Å². The first-order valence-electron chi connectivity index (χ1n) is 10.4. The first-order chi connectivity index (χ1) is 14.8. The minimum atomic E-state index is -0.984. The van der Waals surface area contributed by atoms with Crippen LogP contribution in [0, 0.1) is 5.92 Å². The molecule has 0 aromatic heterocycles. The second kappa shape index (κ2) is 9.55. The van der Waals surface area contributed by atoms with E-state index in [9.17, 15) is 19.2 Å². The summed E-state index contributed by atoms with van der Waals surface area (Å²) in [7, 11) is 0. The van der Waals surface area contributed by atoms with Crippen LogP contribution in [-0.2, 0) is 27.3 Å². The molecule has 1 saturated heterocycles. The van der Waals surface area contributed by atoms with Crippen molar-refractivity contribution >= 4 is 23.8 Å². The molecule has 2 aromatic rings. The molecule has 0 saturated carbocycles. The lowest BCUT2D eigenvalue weighted by atomic mass is 10.00. The highest BCUT2D eigenvalue weighted by Crippen LogP contribution is 2.18. The highest BCUT2D eigenvalue weighted by Gasteiger charge is 2.45. The minimum Gasteiger partial charge on any atom is -0.348 e. The summed E-state index contributed by atoms with van der Waals surface area (Å²) in [5.74, 6) is -1.85. The van der Waals surface area contributed by atoms with Gasteiger partial charge >= 0.3 is 17.8 Å². The summed E-state index contributed by atoms with van der Waals surface area (Å²) in [5.41, 5.74) is 2.86. The molecule has 5 amide bonds. The van der Waals surface area contributed by atoms with Crippen molar-refractivity contribution in [3.8, 4) is 0 Å². The van der Waals surface area contributed by atoms with E-state index in [4.69, 9.17) is 0 Å². The zero-order valence-electron chi connectivity index (χ0n) is 18.0. The normalized spacial score (nSPS) is 15.0. The number of hydrogen-bond acceptors (Lipinski definition) is 4. The van der Waals surface area contributed by atoms with Gasteiger partial charge in [-0.2, -0.15) is 0 Å². The Hall–Kier alpha value is -3.48. The lowest BCUT2D eigenvalue weighted by Crippen LogP contribution is -2.42. The van der Waals surface area contributed by atoms with Crippen molar-refractivity contribution in [1.29, 1.82) is 0 Å².